The fourth-order valence-corrected chi connectivity index (χ4v) is 7.21. The first kappa shape index (κ1) is 24.7. The molecule has 44 heavy (non-hydrogen) atoms. The third kappa shape index (κ3) is 3.62. The molecule has 0 aromatic heterocycles. The van der Waals surface area contributed by atoms with Crippen molar-refractivity contribution in [2.24, 2.45) is 4.99 Å². The molecule has 0 saturated heterocycles. The Morgan fingerprint density at radius 1 is 0.568 bits per heavy atom. The molecule has 8 aromatic rings. The number of hydrogen-bond acceptors (Lipinski definition) is 3. The summed E-state index contributed by atoms with van der Waals surface area (Å²) in [7, 11) is 0. The Bertz CT molecular complexity index is 2690. The molecule has 0 heterocycles. The van der Waals surface area contributed by atoms with Gasteiger partial charge in [-0.05, 0) is 109 Å². The van der Waals surface area contributed by atoms with Crippen LogP contribution >= 0.6 is 0 Å². The Balaban J connectivity index is 1.24. The van der Waals surface area contributed by atoms with Crippen LogP contribution in [0.15, 0.2) is 120 Å². The van der Waals surface area contributed by atoms with Gasteiger partial charge in [0, 0.05) is 21.5 Å². The lowest BCUT2D eigenvalue weighted by Gasteiger charge is -2.12. The second kappa shape index (κ2) is 9.33. The number of aryl methyl sites for hydroxylation is 1. The minimum Gasteiger partial charge on any atom is -0.300 e. The average Bonchev–Trinajstić information content (AvgIpc) is 3.53. The standard InChI is InChI=1S/C41H25N3/c42-23-44-41-38-20-31(29-12-10-25-6-2-4-8-27(25)18-29)14-16-33(38)35-21-34-32-15-13-30(19-36(32)40(43)37(34)22-39(35)41)28-11-9-24-5-1-3-7-26(24)17-28/h1-3,5-7,9-22,43H,4,8H2. The molecule has 0 bridgehead atoms. The smallest absolute Gasteiger partial charge is 0.206 e. The quantitative estimate of drug-likeness (QED) is 0.211. The first-order valence-electron chi connectivity index (χ1n) is 15.0. The van der Waals surface area contributed by atoms with Crippen LogP contribution in [0.3, 0.4) is 0 Å². The van der Waals surface area contributed by atoms with E-state index in [1.54, 1.807) is 0 Å². The molecule has 1 aliphatic rings. The summed E-state index contributed by atoms with van der Waals surface area (Å²) in [6.07, 6.45) is 8.62. The zero-order valence-electron chi connectivity index (χ0n) is 23.9. The Hall–Kier alpha value is -5.85. The molecule has 0 aliphatic heterocycles. The van der Waals surface area contributed by atoms with E-state index < -0.39 is 0 Å². The van der Waals surface area contributed by atoms with E-state index in [-0.39, 0.29) is 0 Å². The maximum atomic E-state index is 9.70. The zero-order chi connectivity index (χ0) is 29.4. The van der Waals surface area contributed by atoms with Crippen molar-refractivity contribution in [3.05, 3.63) is 137 Å². The highest BCUT2D eigenvalue weighted by Gasteiger charge is 2.16. The molecule has 1 N–H and O–H groups in total. The lowest BCUT2D eigenvalue weighted by molar-refractivity contribution is 0.986. The van der Waals surface area contributed by atoms with Crippen molar-refractivity contribution in [1.29, 1.82) is 10.7 Å². The lowest BCUT2D eigenvalue weighted by atomic mass is 9.93. The normalized spacial score (nSPS) is 13.4. The van der Waals surface area contributed by atoms with Gasteiger partial charge in [0.15, 0.2) is 0 Å². The maximum absolute atomic E-state index is 9.70. The van der Waals surface area contributed by atoms with E-state index in [2.05, 4.69) is 133 Å². The topological polar surface area (TPSA) is 60.0 Å². The third-order valence-electron chi connectivity index (χ3n) is 9.42. The molecule has 0 saturated carbocycles. The van der Waals surface area contributed by atoms with Crippen LogP contribution in [0.25, 0.3) is 82.2 Å². The molecule has 8 aromatic carbocycles. The molecule has 0 unspecified atom stereocenters. The summed E-state index contributed by atoms with van der Waals surface area (Å²) in [5, 5.41) is 30.5. The summed E-state index contributed by atoms with van der Waals surface area (Å²) >= 11 is 0. The molecule has 204 valence electrons. The third-order valence-corrected chi connectivity index (χ3v) is 9.42. The zero-order valence-corrected chi connectivity index (χ0v) is 23.9. The minimum atomic E-state index is 0.511. The molecule has 0 fully saturated rings. The van der Waals surface area contributed by atoms with Gasteiger partial charge in [-0.1, -0.05) is 91.0 Å². The van der Waals surface area contributed by atoms with Crippen LogP contribution in [0, 0.1) is 16.9 Å². The van der Waals surface area contributed by atoms with Gasteiger partial charge in [-0.2, -0.15) is 10.3 Å². The van der Waals surface area contributed by atoms with Gasteiger partial charge in [-0.15, -0.1) is 0 Å². The van der Waals surface area contributed by atoms with Gasteiger partial charge in [-0.3, -0.25) is 5.41 Å². The van der Waals surface area contributed by atoms with E-state index >= 15 is 0 Å². The maximum Gasteiger partial charge on any atom is 0.206 e. The van der Waals surface area contributed by atoms with Crippen molar-refractivity contribution >= 4 is 59.9 Å². The minimum absolute atomic E-state index is 0.511. The van der Waals surface area contributed by atoms with Crippen molar-refractivity contribution in [1.82, 2.24) is 0 Å². The fraction of sp³-hybridized carbons (Fsp3) is 0.0488. The molecule has 3 heteroatoms. The first-order valence-corrected chi connectivity index (χ1v) is 15.0. The van der Waals surface area contributed by atoms with E-state index in [1.165, 1.54) is 27.5 Å². The molecule has 0 amide bonds. The molecular weight excluding hydrogens is 534 g/mol. The van der Waals surface area contributed by atoms with Gasteiger partial charge in [0.05, 0.1) is 10.7 Å². The first-order chi connectivity index (χ1) is 21.7. The van der Waals surface area contributed by atoms with Crippen molar-refractivity contribution in [3.63, 3.8) is 0 Å². The predicted octanol–water partition coefficient (Wildman–Crippen LogP) is 9.48. The molecule has 1 aliphatic carbocycles. The van der Waals surface area contributed by atoms with Crippen molar-refractivity contribution in [2.75, 3.05) is 0 Å². The Morgan fingerprint density at radius 3 is 2.02 bits per heavy atom. The SMILES string of the molecule is N#CN=c1c2cc(-c3ccc4c(c3)CCC=C4)ccc2c2cc3c(cc12)c(=N)c1cc(-c2ccc4ccccc4c2)ccc13. The van der Waals surface area contributed by atoms with Crippen LogP contribution in [-0.2, 0) is 6.42 Å². The Morgan fingerprint density at radius 2 is 1.18 bits per heavy atom. The van der Waals surface area contributed by atoms with E-state index in [0.29, 0.717) is 10.7 Å². The van der Waals surface area contributed by atoms with Gasteiger partial charge < -0.3 is 0 Å². The second-order valence-corrected chi connectivity index (χ2v) is 11.8. The number of fused-ring (bicyclic) bond motifs is 8. The summed E-state index contributed by atoms with van der Waals surface area (Å²) in [4.78, 5) is 4.33. The van der Waals surface area contributed by atoms with E-state index in [9.17, 15) is 10.7 Å². The van der Waals surface area contributed by atoms with Gasteiger partial charge in [0.2, 0.25) is 6.19 Å². The summed E-state index contributed by atoms with van der Waals surface area (Å²) in [5.74, 6) is 0. The van der Waals surface area contributed by atoms with Crippen molar-refractivity contribution < 1.29 is 0 Å². The largest absolute Gasteiger partial charge is 0.300 e. The van der Waals surface area contributed by atoms with Crippen LogP contribution in [0.1, 0.15) is 17.5 Å². The molecule has 0 radical (unpaired) electrons. The summed E-state index contributed by atoms with van der Waals surface area (Å²) < 4.78 is 0. The molecule has 9 rings (SSSR count). The van der Waals surface area contributed by atoms with Crippen LogP contribution in [0.5, 0.6) is 0 Å². The highest BCUT2D eigenvalue weighted by atomic mass is 14.7. The van der Waals surface area contributed by atoms with Gasteiger partial charge in [-0.25, -0.2) is 0 Å². The van der Waals surface area contributed by atoms with Crippen LogP contribution in [0.4, 0.5) is 0 Å². The van der Waals surface area contributed by atoms with E-state index in [4.69, 9.17) is 0 Å². The second-order valence-electron chi connectivity index (χ2n) is 11.8. The number of benzene rings is 6. The number of rotatable bonds is 2. The van der Waals surface area contributed by atoms with Gasteiger partial charge >= 0.3 is 0 Å². The van der Waals surface area contributed by atoms with Crippen LogP contribution in [0.2, 0.25) is 0 Å². The van der Waals surface area contributed by atoms with Crippen LogP contribution in [-0.4, -0.2) is 0 Å². The van der Waals surface area contributed by atoms with Gasteiger partial charge in [0.25, 0.3) is 0 Å². The van der Waals surface area contributed by atoms with E-state index in [1.807, 2.05) is 0 Å². The van der Waals surface area contributed by atoms with Crippen molar-refractivity contribution in [2.45, 2.75) is 12.8 Å². The molecular formula is C41H25N3. The number of nitriles is 1. The lowest BCUT2D eigenvalue weighted by Crippen LogP contribution is -1.99. The fourth-order valence-electron chi connectivity index (χ4n) is 7.21. The summed E-state index contributed by atoms with van der Waals surface area (Å²) in [6, 6.07) is 38.8. The molecule has 3 nitrogen and oxygen atoms in total. The van der Waals surface area contributed by atoms with Crippen molar-refractivity contribution in [3.8, 4) is 28.4 Å². The number of hydrogen-bond donors (Lipinski definition) is 1. The molecule has 0 spiro atoms. The number of allylic oxidation sites excluding steroid dienone is 1. The Kier molecular flexibility index (Phi) is 5.24. The van der Waals surface area contributed by atoms with Crippen LogP contribution < -0.4 is 10.7 Å². The highest BCUT2D eigenvalue weighted by Crippen LogP contribution is 2.36. The average molecular weight is 560 g/mol. The number of nitrogens with zero attached hydrogens (tertiary/aromatic N) is 2. The van der Waals surface area contributed by atoms with Gasteiger partial charge in [0.1, 0.15) is 0 Å². The molecule has 0 atom stereocenters. The highest BCUT2D eigenvalue weighted by molar-refractivity contribution is 6.21. The number of nitrogens with one attached hydrogen (secondary N) is 1. The summed E-state index contributed by atoms with van der Waals surface area (Å²) in [6.45, 7) is 0. The predicted molar refractivity (Wildman–Crippen MR) is 182 cm³/mol. The summed E-state index contributed by atoms with van der Waals surface area (Å²) in [5.41, 5.74) is 7.20. The Labute approximate surface area is 253 Å². The van der Waals surface area contributed by atoms with E-state index in [0.717, 1.165) is 72.6 Å². The monoisotopic (exact) mass is 559 g/mol.